The fraction of sp³-hybridized carbons (Fsp3) is 0.750. The van der Waals surface area contributed by atoms with Crippen molar-refractivity contribution in [2.24, 2.45) is 0 Å². The molecule has 1 aliphatic heterocycles. The monoisotopic (exact) mass is 266 g/mol. The molecule has 1 aromatic heterocycles. The number of hydrogen-bond donors (Lipinski definition) is 1. The van der Waals surface area contributed by atoms with Gasteiger partial charge in [0.15, 0.2) is 0 Å². The minimum absolute atomic E-state index is 0.348. The van der Waals surface area contributed by atoms with Crippen molar-refractivity contribution in [3.8, 4) is 6.01 Å². The van der Waals surface area contributed by atoms with Crippen molar-refractivity contribution < 1.29 is 4.74 Å². The molecule has 1 fully saturated rings. The minimum Gasteiger partial charge on any atom is -0.467 e. The number of likely N-dealkylation sites (N-methyl/N-ethyl adjacent to an activating group) is 1. The van der Waals surface area contributed by atoms with E-state index in [-0.39, 0.29) is 0 Å². The second-order valence-corrected chi connectivity index (χ2v) is 4.90. The number of ether oxygens (including phenoxy) is 1. The van der Waals surface area contributed by atoms with Crippen LogP contribution in [0, 0.1) is 0 Å². The third-order valence-corrected chi connectivity index (χ3v) is 3.42. The van der Waals surface area contributed by atoms with E-state index in [1.54, 1.807) is 14.2 Å². The molecule has 1 N–H and O–H groups in total. The Morgan fingerprint density at radius 2 is 2.11 bits per heavy atom. The summed E-state index contributed by atoms with van der Waals surface area (Å²) in [7, 11) is 7.58. The maximum Gasteiger partial charge on any atom is 0.322 e. The number of nitrogens with zero attached hydrogens (tertiary/aromatic N) is 5. The molecule has 0 radical (unpaired) electrons. The lowest BCUT2D eigenvalue weighted by Crippen LogP contribution is -2.45. The quantitative estimate of drug-likeness (QED) is 0.848. The largest absolute Gasteiger partial charge is 0.467 e. The van der Waals surface area contributed by atoms with Crippen LogP contribution in [-0.4, -0.2) is 67.2 Å². The lowest BCUT2D eigenvalue weighted by molar-refractivity contribution is 0.256. The summed E-state index contributed by atoms with van der Waals surface area (Å²) >= 11 is 0. The Kier molecular flexibility index (Phi) is 4.36. The number of methoxy groups -OCH3 is 1. The topological polar surface area (TPSA) is 66.4 Å². The van der Waals surface area contributed by atoms with Crippen LogP contribution in [0.5, 0.6) is 6.01 Å². The standard InChI is InChI=1S/C12H22N6O/c1-13-10-14-11(16-12(15-10)19-4)18-7-5-6-9(8-18)17(2)3/h9H,5-8H2,1-4H3,(H,13,14,15,16). The molecule has 1 unspecified atom stereocenters. The van der Waals surface area contributed by atoms with E-state index < -0.39 is 0 Å². The van der Waals surface area contributed by atoms with Crippen molar-refractivity contribution in [2.75, 3.05) is 51.6 Å². The second-order valence-electron chi connectivity index (χ2n) is 4.90. The Labute approximate surface area is 114 Å². The first-order valence-electron chi connectivity index (χ1n) is 6.53. The summed E-state index contributed by atoms with van der Waals surface area (Å²) in [5.41, 5.74) is 0. The molecule has 0 aromatic carbocycles. The number of rotatable bonds is 4. The fourth-order valence-electron chi connectivity index (χ4n) is 2.25. The first kappa shape index (κ1) is 13.8. The van der Waals surface area contributed by atoms with Crippen LogP contribution >= 0.6 is 0 Å². The number of piperidine rings is 1. The number of hydrogen-bond acceptors (Lipinski definition) is 7. The van der Waals surface area contributed by atoms with Gasteiger partial charge in [0.05, 0.1) is 7.11 Å². The lowest BCUT2D eigenvalue weighted by atomic mass is 10.1. The molecule has 0 bridgehead atoms. The number of nitrogens with one attached hydrogen (secondary N) is 1. The van der Waals surface area contributed by atoms with Crippen LogP contribution in [0.2, 0.25) is 0 Å². The van der Waals surface area contributed by atoms with Gasteiger partial charge in [0.2, 0.25) is 11.9 Å². The molecule has 106 valence electrons. The van der Waals surface area contributed by atoms with E-state index in [0.29, 0.717) is 23.9 Å². The zero-order valence-corrected chi connectivity index (χ0v) is 12.1. The van der Waals surface area contributed by atoms with Crippen LogP contribution in [0.15, 0.2) is 0 Å². The van der Waals surface area contributed by atoms with Crippen molar-refractivity contribution in [2.45, 2.75) is 18.9 Å². The van der Waals surface area contributed by atoms with Gasteiger partial charge in [0.1, 0.15) is 0 Å². The summed E-state index contributed by atoms with van der Waals surface area (Å²) in [6, 6.07) is 0.885. The zero-order valence-electron chi connectivity index (χ0n) is 12.1. The van der Waals surface area contributed by atoms with Crippen LogP contribution in [0.1, 0.15) is 12.8 Å². The molecule has 2 rings (SSSR count). The Morgan fingerprint density at radius 1 is 1.32 bits per heavy atom. The van der Waals surface area contributed by atoms with Crippen LogP contribution in [0.4, 0.5) is 11.9 Å². The molecule has 0 amide bonds. The van der Waals surface area contributed by atoms with Gasteiger partial charge in [-0.25, -0.2) is 0 Å². The van der Waals surface area contributed by atoms with E-state index in [1.807, 2.05) is 0 Å². The smallest absolute Gasteiger partial charge is 0.322 e. The van der Waals surface area contributed by atoms with E-state index >= 15 is 0 Å². The molecular weight excluding hydrogens is 244 g/mol. The highest BCUT2D eigenvalue weighted by atomic mass is 16.5. The van der Waals surface area contributed by atoms with E-state index in [2.05, 4.69) is 44.2 Å². The highest BCUT2D eigenvalue weighted by molar-refractivity contribution is 5.38. The lowest BCUT2D eigenvalue weighted by Gasteiger charge is -2.36. The predicted octanol–water partition coefficient (Wildman–Crippen LogP) is 0.452. The summed E-state index contributed by atoms with van der Waals surface area (Å²) in [5.74, 6) is 1.22. The second kappa shape index (κ2) is 6.01. The van der Waals surface area contributed by atoms with E-state index in [0.717, 1.165) is 19.5 Å². The maximum absolute atomic E-state index is 5.12. The molecule has 1 atom stereocenters. The van der Waals surface area contributed by atoms with Crippen molar-refractivity contribution >= 4 is 11.9 Å². The first-order valence-corrected chi connectivity index (χ1v) is 6.53. The maximum atomic E-state index is 5.12. The highest BCUT2D eigenvalue weighted by Crippen LogP contribution is 2.20. The van der Waals surface area contributed by atoms with Crippen LogP contribution in [-0.2, 0) is 0 Å². The van der Waals surface area contributed by atoms with Gasteiger partial charge in [-0.1, -0.05) is 0 Å². The fourth-order valence-corrected chi connectivity index (χ4v) is 2.25. The minimum atomic E-state index is 0.348. The first-order chi connectivity index (χ1) is 9.13. The average Bonchev–Trinajstić information content (AvgIpc) is 2.46. The van der Waals surface area contributed by atoms with E-state index in [4.69, 9.17) is 4.74 Å². The van der Waals surface area contributed by atoms with E-state index in [1.165, 1.54) is 6.42 Å². The molecule has 1 saturated heterocycles. The number of anilines is 2. The third-order valence-electron chi connectivity index (χ3n) is 3.42. The van der Waals surface area contributed by atoms with Gasteiger partial charge >= 0.3 is 6.01 Å². The normalized spacial score (nSPS) is 19.6. The van der Waals surface area contributed by atoms with Gasteiger partial charge < -0.3 is 19.9 Å². The molecule has 0 spiro atoms. The molecule has 7 heteroatoms. The van der Waals surface area contributed by atoms with Gasteiger partial charge in [-0.2, -0.15) is 15.0 Å². The highest BCUT2D eigenvalue weighted by Gasteiger charge is 2.24. The summed E-state index contributed by atoms with van der Waals surface area (Å²) < 4.78 is 5.12. The van der Waals surface area contributed by atoms with Gasteiger partial charge in [0.25, 0.3) is 0 Å². The zero-order chi connectivity index (χ0) is 13.8. The molecule has 7 nitrogen and oxygen atoms in total. The van der Waals surface area contributed by atoms with Crippen LogP contribution in [0.25, 0.3) is 0 Å². The Morgan fingerprint density at radius 3 is 2.74 bits per heavy atom. The molecule has 2 heterocycles. The predicted molar refractivity (Wildman–Crippen MR) is 74.8 cm³/mol. The van der Waals surface area contributed by atoms with Crippen LogP contribution < -0.4 is 15.0 Å². The van der Waals surface area contributed by atoms with Crippen molar-refractivity contribution in [1.82, 2.24) is 19.9 Å². The van der Waals surface area contributed by atoms with Gasteiger partial charge in [0, 0.05) is 26.2 Å². The van der Waals surface area contributed by atoms with Crippen molar-refractivity contribution in [3.05, 3.63) is 0 Å². The molecule has 1 aromatic rings. The van der Waals surface area contributed by atoms with E-state index in [9.17, 15) is 0 Å². The Bertz CT molecular complexity index is 402. The van der Waals surface area contributed by atoms with Gasteiger partial charge in [-0.3, -0.25) is 0 Å². The summed E-state index contributed by atoms with van der Waals surface area (Å²) in [6.07, 6.45) is 2.36. The molecule has 19 heavy (non-hydrogen) atoms. The summed E-state index contributed by atoms with van der Waals surface area (Å²) in [5, 5.41) is 2.94. The van der Waals surface area contributed by atoms with Gasteiger partial charge in [-0.15, -0.1) is 0 Å². The Balaban J connectivity index is 2.20. The van der Waals surface area contributed by atoms with Gasteiger partial charge in [-0.05, 0) is 26.9 Å². The summed E-state index contributed by atoms with van der Waals surface area (Å²) in [4.78, 5) is 17.3. The third kappa shape index (κ3) is 3.23. The SMILES string of the molecule is CNc1nc(OC)nc(N2CCCC(N(C)C)C2)n1. The summed E-state index contributed by atoms with van der Waals surface area (Å²) in [6.45, 7) is 1.91. The molecule has 1 aliphatic rings. The van der Waals surface area contributed by atoms with Crippen LogP contribution in [0.3, 0.4) is 0 Å². The van der Waals surface area contributed by atoms with Crippen molar-refractivity contribution in [1.29, 1.82) is 0 Å². The number of aromatic nitrogens is 3. The van der Waals surface area contributed by atoms with Crippen molar-refractivity contribution in [3.63, 3.8) is 0 Å². The molecule has 0 aliphatic carbocycles. The molecular formula is C12H22N6O. The Hall–Kier alpha value is -1.63. The molecule has 0 saturated carbocycles. The average molecular weight is 266 g/mol.